The Hall–Kier alpha value is -2.04. The fraction of sp³-hybridized carbons (Fsp3) is 0.143. The molecule has 156 valence electrons. The van der Waals surface area contributed by atoms with Crippen LogP contribution in [-0.2, 0) is 0 Å². The lowest BCUT2D eigenvalue weighted by Crippen LogP contribution is -2.43. The lowest BCUT2D eigenvalue weighted by molar-refractivity contribution is 1.56. The molecule has 0 bridgehead atoms. The van der Waals surface area contributed by atoms with E-state index in [0.717, 1.165) is 0 Å². The van der Waals surface area contributed by atoms with Crippen molar-refractivity contribution in [3.63, 3.8) is 0 Å². The van der Waals surface area contributed by atoms with Crippen LogP contribution in [0.1, 0.15) is 0 Å². The summed E-state index contributed by atoms with van der Waals surface area (Å²) < 4.78 is 0. The van der Waals surface area contributed by atoms with E-state index in [1.807, 2.05) is 0 Å². The Kier molecular flexibility index (Phi) is 7.19. The van der Waals surface area contributed by atoms with Crippen LogP contribution in [0.5, 0.6) is 0 Å². The minimum atomic E-state index is -1.59. The molecule has 31 heavy (non-hydrogen) atoms. The summed E-state index contributed by atoms with van der Waals surface area (Å²) in [5.41, 5.74) is 0. The highest BCUT2D eigenvalue weighted by Crippen LogP contribution is 2.59. The van der Waals surface area contributed by atoms with Crippen LogP contribution >= 0.6 is 15.8 Å². The van der Waals surface area contributed by atoms with E-state index >= 15 is 0 Å². The van der Waals surface area contributed by atoms with Gasteiger partial charge in [0.05, 0.1) is 8.07 Å². The Labute approximate surface area is 190 Å². The van der Waals surface area contributed by atoms with Gasteiger partial charge in [-0.15, -0.1) is 0 Å². The van der Waals surface area contributed by atoms with Crippen LogP contribution in [0, 0.1) is 0 Å². The van der Waals surface area contributed by atoms with E-state index in [1.54, 1.807) is 0 Å². The minimum absolute atomic E-state index is 0.498. The average Bonchev–Trinajstić information content (AvgIpc) is 2.81. The number of hydrogen-bond donors (Lipinski definition) is 0. The van der Waals surface area contributed by atoms with Gasteiger partial charge in [-0.1, -0.05) is 141 Å². The Morgan fingerprint density at radius 3 is 0.839 bits per heavy atom. The summed E-state index contributed by atoms with van der Waals surface area (Å²) >= 11 is 0. The van der Waals surface area contributed by atoms with Gasteiger partial charge in [0.2, 0.25) is 0 Å². The van der Waals surface area contributed by atoms with Gasteiger partial charge in [0.25, 0.3) is 0 Å². The van der Waals surface area contributed by atoms with E-state index < -0.39 is 23.9 Å². The molecule has 0 unspecified atom stereocenters. The van der Waals surface area contributed by atoms with Crippen molar-refractivity contribution in [2.24, 2.45) is 0 Å². The van der Waals surface area contributed by atoms with Crippen LogP contribution in [0.25, 0.3) is 0 Å². The van der Waals surface area contributed by atoms with E-state index in [4.69, 9.17) is 0 Å². The Morgan fingerprint density at radius 1 is 0.419 bits per heavy atom. The highest BCUT2D eigenvalue weighted by atomic mass is 31.2. The molecule has 0 N–H and O–H groups in total. The van der Waals surface area contributed by atoms with Crippen molar-refractivity contribution in [2.75, 3.05) is 0 Å². The highest BCUT2D eigenvalue weighted by molar-refractivity contribution is 7.92. The van der Waals surface area contributed by atoms with Crippen molar-refractivity contribution in [3.8, 4) is 0 Å². The van der Waals surface area contributed by atoms with Gasteiger partial charge in [-0.3, -0.25) is 0 Å². The molecule has 4 aromatic carbocycles. The quantitative estimate of drug-likeness (QED) is 0.221. The smallest absolute Gasteiger partial charge is 0.0586 e. The first kappa shape index (κ1) is 22.2. The van der Waals surface area contributed by atoms with Crippen molar-refractivity contribution in [2.45, 2.75) is 24.7 Å². The summed E-state index contributed by atoms with van der Waals surface area (Å²) in [7, 11) is -2.58. The monoisotopic (exact) mass is 456 g/mol. The number of rotatable bonds is 7. The van der Waals surface area contributed by atoms with E-state index in [9.17, 15) is 0 Å². The number of hydrogen-bond acceptors (Lipinski definition) is 0. The molecule has 0 aliphatic heterocycles. The largest absolute Gasteiger partial charge is 0.0687 e. The van der Waals surface area contributed by atoms with Crippen molar-refractivity contribution in [3.05, 3.63) is 121 Å². The standard InChI is InChI=1S/C28H30P2Si/c1-31(2,3)28(29(24-16-8-4-9-17-24)25-18-10-5-11-19-25)30(26-20-12-6-13-21-26)27-22-14-7-15-23-27/h4-23,28H,1-3H3. The van der Waals surface area contributed by atoms with Gasteiger partial charge in [0.1, 0.15) is 0 Å². The first-order valence-electron chi connectivity index (χ1n) is 10.8. The van der Waals surface area contributed by atoms with Gasteiger partial charge in [0.15, 0.2) is 0 Å². The molecule has 4 rings (SSSR count). The average molecular weight is 457 g/mol. The molecule has 0 aliphatic rings. The van der Waals surface area contributed by atoms with Crippen LogP contribution in [0.3, 0.4) is 0 Å². The van der Waals surface area contributed by atoms with Crippen molar-refractivity contribution in [1.82, 2.24) is 0 Å². The molecule has 0 saturated heterocycles. The summed E-state index contributed by atoms with van der Waals surface area (Å²) in [5, 5.41) is 6.61. The first-order chi connectivity index (χ1) is 15.1. The van der Waals surface area contributed by atoms with Crippen molar-refractivity contribution in [1.29, 1.82) is 0 Å². The van der Waals surface area contributed by atoms with E-state index in [-0.39, 0.29) is 0 Å². The normalized spacial score (nSPS) is 11.9. The lowest BCUT2D eigenvalue weighted by atomic mass is 10.4. The molecule has 0 atom stereocenters. The van der Waals surface area contributed by atoms with Crippen LogP contribution in [0.4, 0.5) is 0 Å². The van der Waals surface area contributed by atoms with Crippen LogP contribution in [0.15, 0.2) is 121 Å². The maximum atomic E-state index is 2.57. The molecule has 0 heterocycles. The molecule has 0 fully saturated rings. The SMILES string of the molecule is C[Si](C)(C)C(P(c1ccccc1)c1ccccc1)P(c1ccccc1)c1ccccc1. The molecule has 0 radical (unpaired) electrons. The third kappa shape index (κ3) is 5.24. The predicted molar refractivity (Wildman–Crippen MR) is 145 cm³/mol. The fourth-order valence-electron chi connectivity index (χ4n) is 4.11. The van der Waals surface area contributed by atoms with E-state index in [2.05, 4.69) is 141 Å². The van der Waals surface area contributed by atoms with Gasteiger partial charge >= 0.3 is 0 Å². The molecule has 0 saturated carbocycles. The topological polar surface area (TPSA) is 0 Å². The Morgan fingerprint density at radius 2 is 0.645 bits per heavy atom. The Bertz CT molecular complexity index is 900. The predicted octanol–water partition coefficient (Wildman–Crippen LogP) is 6.46. The van der Waals surface area contributed by atoms with Crippen LogP contribution in [-0.4, -0.2) is 13.1 Å². The van der Waals surface area contributed by atoms with Gasteiger partial charge < -0.3 is 0 Å². The lowest BCUT2D eigenvalue weighted by Gasteiger charge is -2.43. The second kappa shape index (κ2) is 10.1. The summed E-state index contributed by atoms with van der Waals surface area (Å²) in [6, 6.07) is 45.1. The van der Waals surface area contributed by atoms with Gasteiger partial charge in [-0.05, 0) is 37.1 Å². The molecular weight excluding hydrogens is 426 g/mol. The maximum Gasteiger partial charge on any atom is 0.0586 e. The van der Waals surface area contributed by atoms with Gasteiger partial charge in [-0.25, -0.2) is 0 Å². The third-order valence-corrected chi connectivity index (χ3v) is 18.9. The zero-order valence-electron chi connectivity index (χ0n) is 18.5. The number of benzene rings is 4. The second-order valence-corrected chi connectivity index (χ2v) is 20.1. The van der Waals surface area contributed by atoms with Crippen LogP contribution < -0.4 is 21.2 Å². The molecular formula is C28H30P2Si. The van der Waals surface area contributed by atoms with Crippen LogP contribution in [0.2, 0.25) is 19.6 Å². The molecule has 0 nitrogen and oxygen atoms in total. The summed E-state index contributed by atoms with van der Waals surface area (Å²) in [6.07, 6.45) is 0. The zero-order chi connectivity index (χ0) is 21.7. The maximum absolute atomic E-state index is 2.57. The summed E-state index contributed by atoms with van der Waals surface area (Å²) in [4.78, 5) is 0. The van der Waals surface area contributed by atoms with Gasteiger partial charge in [0, 0.05) is 5.02 Å². The van der Waals surface area contributed by atoms with Crippen molar-refractivity contribution >= 4 is 45.1 Å². The second-order valence-electron chi connectivity index (χ2n) is 8.82. The molecule has 0 spiro atoms. The molecule has 0 amide bonds. The molecule has 3 heteroatoms. The highest BCUT2D eigenvalue weighted by Gasteiger charge is 2.42. The summed E-state index contributed by atoms with van der Waals surface area (Å²) in [6.45, 7) is 7.71. The van der Waals surface area contributed by atoms with E-state index in [1.165, 1.54) is 21.2 Å². The fourth-order valence-corrected chi connectivity index (χ4v) is 18.3. The summed E-state index contributed by atoms with van der Waals surface area (Å²) in [5.74, 6) is 0. The molecule has 0 aliphatic carbocycles. The third-order valence-electron chi connectivity index (χ3n) is 5.40. The molecule has 0 aromatic heterocycles. The zero-order valence-corrected chi connectivity index (χ0v) is 21.3. The Balaban J connectivity index is 1.97. The first-order valence-corrected chi connectivity index (χ1v) is 17.2. The van der Waals surface area contributed by atoms with E-state index in [0.29, 0.717) is 5.02 Å². The van der Waals surface area contributed by atoms with Gasteiger partial charge in [-0.2, -0.15) is 0 Å². The minimum Gasteiger partial charge on any atom is -0.0687 e. The van der Waals surface area contributed by atoms with Crippen molar-refractivity contribution < 1.29 is 0 Å². The molecule has 4 aromatic rings.